The number of nitro groups is 1. The number of ether oxygens (including phenoxy) is 1. The normalized spacial score (nSPS) is 14.5. The standard InChI is InChI=1S/C23H15BrFN3O5/c24-16-10-15(11-19-22(29)26-27(23(19)30)18-7-2-1-3-8-18)21(20(12-16)28(31)32)33-13-14-5-4-6-17(25)9-14/h1-12H,13H2,(H,26,29)/b19-11-. The molecule has 0 spiro atoms. The van der Waals surface area contributed by atoms with Gasteiger partial charge in [0.05, 0.1) is 10.6 Å². The number of para-hydroxylation sites is 1. The van der Waals surface area contributed by atoms with E-state index in [2.05, 4.69) is 21.4 Å². The molecule has 2 amide bonds. The van der Waals surface area contributed by atoms with Crippen molar-refractivity contribution in [2.45, 2.75) is 6.61 Å². The highest BCUT2D eigenvalue weighted by Crippen LogP contribution is 2.37. The smallest absolute Gasteiger partial charge is 0.312 e. The van der Waals surface area contributed by atoms with E-state index in [9.17, 15) is 24.1 Å². The van der Waals surface area contributed by atoms with E-state index in [1.54, 1.807) is 36.4 Å². The molecule has 3 aromatic carbocycles. The first kappa shape index (κ1) is 22.2. The van der Waals surface area contributed by atoms with Crippen LogP contribution in [0.4, 0.5) is 15.8 Å². The van der Waals surface area contributed by atoms with Crippen LogP contribution in [-0.4, -0.2) is 16.7 Å². The Hall–Kier alpha value is -4.05. The highest BCUT2D eigenvalue weighted by molar-refractivity contribution is 9.10. The molecule has 8 nitrogen and oxygen atoms in total. The van der Waals surface area contributed by atoms with Crippen molar-refractivity contribution in [3.05, 3.63) is 104 Å². The predicted octanol–water partition coefficient (Wildman–Crippen LogP) is 4.54. The van der Waals surface area contributed by atoms with E-state index < -0.39 is 22.6 Å². The number of carbonyl (C=O) groups is 2. The summed E-state index contributed by atoms with van der Waals surface area (Å²) < 4.78 is 19.5. The molecular weight excluding hydrogens is 497 g/mol. The average Bonchev–Trinajstić information content (AvgIpc) is 3.07. The molecule has 0 aromatic heterocycles. The third kappa shape index (κ3) is 4.75. The minimum Gasteiger partial charge on any atom is -0.482 e. The molecule has 1 fully saturated rings. The Labute approximate surface area is 195 Å². The average molecular weight is 512 g/mol. The largest absolute Gasteiger partial charge is 0.482 e. The second-order valence-electron chi connectivity index (χ2n) is 6.99. The van der Waals surface area contributed by atoms with Crippen LogP contribution >= 0.6 is 15.9 Å². The lowest BCUT2D eigenvalue weighted by Crippen LogP contribution is -2.35. The molecule has 166 valence electrons. The van der Waals surface area contributed by atoms with Crippen LogP contribution in [0.25, 0.3) is 6.08 Å². The molecule has 1 N–H and O–H groups in total. The highest BCUT2D eigenvalue weighted by Gasteiger charge is 2.35. The van der Waals surface area contributed by atoms with Crippen LogP contribution in [0.2, 0.25) is 0 Å². The Morgan fingerprint density at radius 2 is 1.85 bits per heavy atom. The van der Waals surface area contributed by atoms with Gasteiger partial charge in [0.15, 0.2) is 0 Å². The summed E-state index contributed by atoms with van der Waals surface area (Å²) in [4.78, 5) is 36.5. The summed E-state index contributed by atoms with van der Waals surface area (Å²) in [5, 5.41) is 12.8. The van der Waals surface area contributed by atoms with Gasteiger partial charge in [-0.15, -0.1) is 0 Å². The summed E-state index contributed by atoms with van der Waals surface area (Å²) >= 11 is 3.21. The maximum atomic E-state index is 13.5. The number of hydrogen-bond donors (Lipinski definition) is 1. The van der Waals surface area contributed by atoms with Gasteiger partial charge in [0.25, 0.3) is 11.8 Å². The maximum absolute atomic E-state index is 13.5. The molecular formula is C23H15BrFN3O5. The van der Waals surface area contributed by atoms with Crippen LogP contribution in [0.3, 0.4) is 0 Å². The van der Waals surface area contributed by atoms with Crippen LogP contribution in [0.5, 0.6) is 5.75 Å². The summed E-state index contributed by atoms with van der Waals surface area (Å²) in [6.45, 7) is -0.160. The molecule has 0 bridgehead atoms. The first-order valence-electron chi connectivity index (χ1n) is 9.61. The van der Waals surface area contributed by atoms with E-state index in [-0.39, 0.29) is 29.2 Å². The van der Waals surface area contributed by atoms with Gasteiger partial charge >= 0.3 is 5.69 Å². The molecule has 0 atom stereocenters. The Balaban J connectivity index is 1.73. The third-order valence-electron chi connectivity index (χ3n) is 4.74. The van der Waals surface area contributed by atoms with E-state index in [4.69, 9.17) is 4.74 Å². The number of benzene rings is 3. The monoisotopic (exact) mass is 511 g/mol. The Kier molecular flexibility index (Phi) is 6.18. The molecule has 33 heavy (non-hydrogen) atoms. The van der Waals surface area contributed by atoms with Crippen LogP contribution in [0.1, 0.15) is 11.1 Å². The van der Waals surface area contributed by atoms with Crippen LogP contribution < -0.4 is 15.2 Å². The molecule has 0 aliphatic carbocycles. The molecule has 1 heterocycles. The summed E-state index contributed by atoms with van der Waals surface area (Å²) in [5.74, 6) is -1.91. The minimum absolute atomic E-state index is 0.140. The summed E-state index contributed by atoms with van der Waals surface area (Å²) in [6, 6.07) is 16.9. The van der Waals surface area contributed by atoms with Gasteiger partial charge in [-0.1, -0.05) is 46.3 Å². The number of nitrogens with one attached hydrogen (secondary N) is 1. The quantitative estimate of drug-likeness (QED) is 0.226. The van der Waals surface area contributed by atoms with Crippen molar-refractivity contribution in [1.29, 1.82) is 0 Å². The van der Waals surface area contributed by atoms with Crippen LogP contribution in [-0.2, 0) is 16.2 Å². The molecule has 10 heteroatoms. The third-order valence-corrected chi connectivity index (χ3v) is 5.20. The molecule has 0 saturated carbocycles. The van der Waals surface area contributed by atoms with Crippen molar-refractivity contribution in [1.82, 2.24) is 5.43 Å². The lowest BCUT2D eigenvalue weighted by atomic mass is 10.1. The fourth-order valence-corrected chi connectivity index (χ4v) is 3.72. The number of nitrogens with zero attached hydrogens (tertiary/aromatic N) is 2. The lowest BCUT2D eigenvalue weighted by molar-refractivity contribution is -0.386. The fourth-order valence-electron chi connectivity index (χ4n) is 3.25. The second kappa shape index (κ2) is 9.21. The van der Waals surface area contributed by atoms with Gasteiger partial charge in [0, 0.05) is 16.1 Å². The number of hydrazine groups is 1. The second-order valence-corrected chi connectivity index (χ2v) is 7.91. The number of halogens is 2. The molecule has 4 rings (SSSR count). The number of nitro benzene ring substituents is 1. The fraction of sp³-hybridized carbons (Fsp3) is 0.0435. The van der Waals surface area contributed by atoms with Gasteiger partial charge in [-0.25, -0.2) is 9.40 Å². The van der Waals surface area contributed by atoms with Gasteiger partial charge in [-0.3, -0.25) is 25.1 Å². The Morgan fingerprint density at radius 3 is 2.55 bits per heavy atom. The van der Waals surface area contributed by atoms with E-state index >= 15 is 0 Å². The van der Waals surface area contributed by atoms with Gasteiger partial charge < -0.3 is 4.74 Å². The number of hydrogen-bond acceptors (Lipinski definition) is 5. The highest BCUT2D eigenvalue weighted by atomic mass is 79.9. The number of amides is 2. The van der Waals surface area contributed by atoms with Crippen molar-refractivity contribution in [3.63, 3.8) is 0 Å². The first-order chi connectivity index (χ1) is 15.8. The summed E-state index contributed by atoms with van der Waals surface area (Å²) in [5.41, 5.74) is 2.93. The number of rotatable bonds is 6. The topological polar surface area (TPSA) is 102 Å². The Bertz CT molecular complexity index is 1300. The number of carbonyl (C=O) groups excluding carboxylic acids is 2. The molecule has 3 aromatic rings. The minimum atomic E-state index is -0.664. The van der Waals surface area contributed by atoms with Gasteiger partial charge in [0.1, 0.15) is 18.0 Å². The molecule has 1 saturated heterocycles. The predicted molar refractivity (Wildman–Crippen MR) is 122 cm³/mol. The molecule has 0 radical (unpaired) electrons. The summed E-state index contributed by atoms with van der Waals surface area (Å²) in [6.07, 6.45) is 1.24. The molecule has 1 aliphatic heterocycles. The maximum Gasteiger partial charge on any atom is 0.312 e. The van der Waals surface area contributed by atoms with Crippen molar-refractivity contribution >= 4 is 45.2 Å². The molecule has 0 unspecified atom stereocenters. The van der Waals surface area contributed by atoms with Gasteiger partial charge in [0.2, 0.25) is 5.75 Å². The van der Waals surface area contributed by atoms with E-state index in [1.165, 1.54) is 36.4 Å². The van der Waals surface area contributed by atoms with Crippen molar-refractivity contribution in [2.24, 2.45) is 0 Å². The SMILES string of the molecule is O=C1NN(c2ccccc2)C(=O)/C1=C\c1cc(Br)cc([N+](=O)[O-])c1OCc1cccc(F)c1. The zero-order valence-corrected chi connectivity index (χ0v) is 18.4. The lowest BCUT2D eigenvalue weighted by Gasteiger charge is -2.14. The van der Waals surface area contributed by atoms with Gasteiger partial charge in [-0.2, -0.15) is 0 Å². The van der Waals surface area contributed by atoms with Crippen molar-refractivity contribution in [3.8, 4) is 5.75 Å². The first-order valence-corrected chi connectivity index (χ1v) is 10.4. The summed E-state index contributed by atoms with van der Waals surface area (Å²) in [7, 11) is 0. The van der Waals surface area contributed by atoms with Crippen LogP contribution in [0, 0.1) is 15.9 Å². The Morgan fingerprint density at radius 1 is 1.09 bits per heavy atom. The number of anilines is 1. The zero-order chi connectivity index (χ0) is 23.5. The van der Waals surface area contributed by atoms with Gasteiger partial charge in [-0.05, 0) is 42.0 Å². The zero-order valence-electron chi connectivity index (χ0n) is 16.8. The van der Waals surface area contributed by atoms with Crippen molar-refractivity contribution in [2.75, 3.05) is 5.01 Å². The van der Waals surface area contributed by atoms with E-state index in [0.717, 1.165) is 5.01 Å². The van der Waals surface area contributed by atoms with E-state index in [1.807, 2.05) is 0 Å². The van der Waals surface area contributed by atoms with Crippen molar-refractivity contribution < 1.29 is 23.6 Å². The molecule has 1 aliphatic rings. The van der Waals surface area contributed by atoms with Crippen LogP contribution in [0.15, 0.2) is 76.8 Å². The van der Waals surface area contributed by atoms with E-state index in [0.29, 0.717) is 15.7 Å².